The van der Waals surface area contributed by atoms with Gasteiger partial charge >= 0.3 is 5.97 Å². The summed E-state index contributed by atoms with van der Waals surface area (Å²) >= 11 is 0. The van der Waals surface area contributed by atoms with E-state index in [-0.39, 0.29) is 0 Å². The minimum atomic E-state index is -0.684. The fraction of sp³-hybridized carbons (Fsp3) is 0.708. The first-order chi connectivity index (χ1) is 14.0. The molecule has 0 unspecified atom stereocenters. The zero-order valence-corrected chi connectivity index (χ0v) is 18.0. The van der Waals surface area contributed by atoms with Crippen molar-refractivity contribution in [2.45, 2.75) is 70.3 Å². The molecule has 4 rings (SSSR count). The lowest BCUT2D eigenvalue weighted by molar-refractivity contribution is -0.147. The fourth-order valence-corrected chi connectivity index (χ4v) is 4.79. The lowest BCUT2D eigenvalue weighted by atomic mass is 9.64. The molecular formula is C24H36N2O3. The Bertz CT molecular complexity index is 719. The van der Waals surface area contributed by atoms with Gasteiger partial charge in [0.1, 0.15) is 0 Å². The molecule has 1 aliphatic heterocycles. The van der Waals surface area contributed by atoms with Gasteiger partial charge in [-0.3, -0.25) is 4.79 Å². The van der Waals surface area contributed by atoms with Gasteiger partial charge in [0.2, 0.25) is 0 Å². The average Bonchev–Trinajstić information content (AvgIpc) is 3.49. The van der Waals surface area contributed by atoms with Gasteiger partial charge in [-0.2, -0.15) is 0 Å². The van der Waals surface area contributed by atoms with Crippen molar-refractivity contribution in [3.8, 4) is 0 Å². The molecule has 1 aromatic carbocycles. The molecule has 1 aromatic rings. The summed E-state index contributed by atoms with van der Waals surface area (Å²) in [6.07, 6.45) is 7.21. The summed E-state index contributed by atoms with van der Waals surface area (Å²) in [5.74, 6) is 0.657. The van der Waals surface area contributed by atoms with Crippen molar-refractivity contribution in [3.05, 3.63) is 23.8 Å². The Balaban J connectivity index is 1.68. The number of anilines is 2. The first kappa shape index (κ1) is 20.5. The van der Waals surface area contributed by atoms with Crippen LogP contribution in [0.15, 0.2) is 18.2 Å². The van der Waals surface area contributed by atoms with Crippen LogP contribution in [-0.2, 0) is 14.9 Å². The predicted molar refractivity (Wildman–Crippen MR) is 117 cm³/mol. The lowest BCUT2D eigenvalue weighted by Gasteiger charge is -2.41. The van der Waals surface area contributed by atoms with Crippen molar-refractivity contribution in [1.82, 2.24) is 0 Å². The Morgan fingerprint density at radius 1 is 1.24 bits per heavy atom. The maximum absolute atomic E-state index is 12.1. The molecule has 1 heterocycles. The van der Waals surface area contributed by atoms with Gasteiger partial charge < -0.3 is 20.1 Å². The Morgan fingerprint density at radius 3 is 2.52 bits per heavy atom. The number of ether oxygens (including phenoxy) is 1. The van der Waals surface area contributed by atoms with Gasteiger partial charge in [0, 0.05) is 32.3 Å². The van der Waals surface area contributed by atoms with Crippen molar-refractivity contribution in [1.29, 1.82) is 0 Å². The van der Waals surface area contributed by atoms with E-state index >= 15 is 0 Å². The standard InChI is InChI=1S/C24H36N2O3/c1-17(2)16-26(20-8-12-29-13-9-20)22-7-6-19(24(23(27)28)10-3-11-24)14-21(22)25-15-18-4-5-18/h6-7,14,17-18,20,25H,3-5,8-13,15-16H2,1-2H3,(H,27,28). The van der Waals surface area contributed by atoms with E-state index in [1.54, 1.807) is 0 Å². The Labute approximate surface area is 174 Å². The normalized spacial score (nSPS) is 21.6. The third-order valence-corrected chi connectivity index (χ3v) is 6.95. The molecule has 2 aliphatic carbocycles. The van der Waals surface area contributed by atoms with E-state index in [1.165, 1.54) is 18.5 Å². The third-order valence-electron chi connectivity index (χ3n) is 6.95. The molecule has 2 N–H and O–H groups in total. The zero-order valence-electron chi connectivity index (χ0n) is 18.0. The minimum absolute atomic E-state index is 0.482. The number of hydrogen-bond donors (Lipinski definition) is 2. The number of rotatable bonds is 9. The summed E-state index contributed by atoms with van der Waals surface area (Å²) in [7, 11) is 0. The highest BCUT2D eigenvalue weighted by Crippen LogP contribution is 2.46. The molecule has 2 saturated carbocycles. The molecule has 0 bridgehead atoms. The third kappa shape index (κ3) is 4.40. The summed E-state index contributed by atoms with van der Waals surface area (Å²) in [4.78, 5) is 14.6. The summed E-state index contributed by atoms with van der Waals surface area (Å²) in [6.45, 7) is 8.18. The largest absolute Gasteiger partial charge is 0.481 e. The molecule has 0 radical (unpaired) electrons. The van der Waals surface area contributed by atoms with E-state index in [2.05, 4.69) is 42.3 Å². The Kier molecular flexibility index (Phi) is 6.05. The lowest BCUT2D eigenvalue weighted by Crippen LogP contribution is -2.43. The van der Waals surface area contributed by atoms with Gasteiger partial charge in [-0.15, -0.1) is 0 Å². The highest BCUT2D eigenvalue weighted by atomic mass is 16.5. The van der Waals surface area contributed by atoms with E-state index in [0.29, 0.717) is 12.0 Å². The number of benzene rings is 1. The first-order valence-electron chi connectivity index (χ1n) is 11.5. The molecule has 29 heavy (non-hydrogen) atoms. The number of aliphatic carboxylic acids is 1. The van der Waals surface area contributed by atoms with Crippen LogP contribution in [0.1, 0.15) is 64.4 Å². The number of carboxylic acid groups (broad SMARTS) is 1. The monoisotopic (exact) mass is 400 g/mol. The van der Waals surface area contributed by atoms with E-state index in [9.17, 15) is 9.90 Å². The maximum Gasteiger partial charge on any atom is 0.314 e. The second-order valence-corrected chi connectivity index (χ2v) is 9.69. The van der Waals surface area contributed by atoms with Crippen LogP contribution in [0.4, 0.5) is 11.4 Å². The molecular weight excluding hydrogens is 364 g/mol. The number of nitrogens with zero attached hydrogens (tertiary/aromatic N) is 1. The van der Waals surface area contributed by atoms with Gasteiger partial charge in [-0.25, -0.2) is 0 Å². The number of nitrogens with one attached hydrogen (secondary N) is 1. The van der Waals surface area contributed by atoms with Crippen LogP contribution in [0, 0.1) is 11.8 Å². The molecule has 0 atom stereocenters. The second kappa shape index (κ2) is 8.55. The van der Waals surface area contributed by atoms with E-state index in [0.717, 1.165) is 75.6 Å². The van der Waals surface area contributed by atoms with E-state index in [1.807, 2.05) is 0 Å². The van der Waals surface area contributed by atoms with Gasteiger partial charge in [0.05, 0.1) is 16.8 Å². The number of carboxylic acids is 1. The molecule has 5 nitrogen and oxygen atoms in total. The van der Waals surface area contributed by atoms with Gasteiger partial charge in [0.25, 0.3) is 0 Å². The highest BCUT2D eigenvalue weighted by Gasteiger charge is 2.46. The van der Waals surface area contributed by atoms with Crippen LogP contribution in [0.5, 0.6) is 0 Å². The van der Waals surface area contributed by atoms with Crippen LogP contribution >= 0.6 is 0 Å². The van der Waals surface area contributed by atoms with E-state index in [4.69, 9.17) is 4.74 Å². The van der Waals surface area contributed by atoms with Crippen LogP contribution in [0.2, 0.25) is 0 Å². The topological polar surface area (TPSA) is 61.8 Å². The van der Waals surface area contributed by atoms with Crippen LogP contribution in [-0.4, -0.2) is 43.4 Å². The molecule has 5 heteroatoms. The zero-order chi connectivity index (χ0) is 20.4. The number of hydrogen-bond acceptors (Lipinski definition) is 4. The molecule has 3 aliphatic rings. The summed E-state index contributed by atoms with van der Waals surface area (Å²) in [6, 6.07) is 6.90. The Hall–Kier alpha value is -1.75. The maximum atomic E-state index is 12.1. The first-order valence-corrected chi connectivity index (χ1v) is 11.5. The van der Waals surface area contributed by atoms with Crippen molar-refractivity contribution < 1.29 is 14.6 Å². The SMILES string of the molecule is CC(C)CN(c1ccc(C2(C(=O)O)CCC2)cc1NCC1CC1)C1CCOCC1. The molecule has 0 aromatic heterocycles. The minimum Gasteiger partial charge on any atom is -0.481 e. The van der Waals surface area contributed by atoms with E-state index < -0.39 is 11.4 Å². The van der Waals surface area contributed by atoms with Crippen LogP contribution in [0.25, 0.3) is 0 Å². The predicted octanol–water partition coefficient (Wildman–Crippen LogP) is 4.66. The molecule has 1 saturated heterocycles. The second-order valence-electron chi connectivity index (χ2n) is 9.69. The Morgan fingerprint density at radius 2 is 1.97 bits per heavy atom. The van der Waals surface area contributed by atoms with Crippen LogP contribution in [0.3, 0.4) is 0 Å². The highest BCUT2D eigenvalue weighted by molar-refractivity contribution is 5.84. The fourth-order valence-electron chi connectivity index (χ4n) is 4.79. The summed E-state index contributed by atoms with van der Waals surface area (Å²) in [5, 5.41) is 13.6. The van der Waals surface area contributed by atoms with Gasteiger partial charge in [-0.1, -0.05) is 26.3 Å². The van der Waals surface area contributed by atoms with Crippen LogP contribution < -0.4 is 10.2 Å². The molecule has 0 amide bonds. The quantitative estimate of drug-likeness (QED) is 0.631. The van der Waals surface area contributed by atoms with Crippen molar-refractivity contribution in [2.24, 2.45) is 11.8 Å². The summed E-state index contributed by atoms with van der Waals surface area (Å²) in [5.41, 5.74) is 2.63. The van der Waals surface area contributed by atoms with Crippen molar-refractivity contribution in [2.75, 3.05) is 36.5 Å². The average molecular weight is 401 g/mol. The van der Waals surface area contributed by atoms with Crippen molar-refractivity contribution >= 4 is 17.3 Å². The number of carbonyl (C=O) groups is 1. The summed E-state index contributed by atoms with van der Waals surface area (Å²) < 4.78 is 5.61. The smallest absolute Gasteiger partial charge is 0.314 e. The van der Waals surface area contributed by atoms with Gasteiger partial charge in [0.15, 0.2) is 0 Å². The van der Waals surface area contributed by atoms with Gasteiger partial charge in [-0.05, 0) is 68.1 Å². The molecule has 0 spiro atoms. The molecule has 160 valence electrons. The van der Waals surface area contributed by atoms with Crippen molar-refractivity contribution in [3.63, 3.8) is 0 Å². The molecule has 3 fully saturated rings.